The third kappa shape index (κ3) is 3.68. The number of carbonyl (C=O) groups is 1. The summed E-state index contributed by atoms with van der Waals surface area (Å²) < 4.78 is 0. The molecule has 3 aliphatic rings. The Bertz CT molecular complexity index is 642. The Morgan fingerprint density at radius 1 is 1.07 bits per heavy atom. The first-order chi connectivity index (χ1) is 13.0. The zero-order valence-electron chi connectivity index (χ0n) is 17.3. The minimum absolute atomic E-state index is 0.161. The van der Waals surface area contributed by atoms with Gasteiger partial charge in [0.15, 0.2) is 0 Å². The third-order valence-corrected chi connectivity index (χ3v) is 8.09. The molecule has 2 saturated carbocycles. The van der Waals surface area contributed by atoms with Crippen LogP contribution < -0.4 is 0 Å². The molecule has 1 heterocycles. The fourth-order valence-corrected chi connectivity index (χ4v) is 5.76. The topological polar surface area (TPSA) is 23.6 Å². The first-order valence-corrected chi connectivity index (χ1v) is 11.0. The second kappa shape index (κ2) is 7.58. The number of amides is 1. The second-order valence-electron chi connectivity index (χ2n) is 9.69. The highest BCUT2D eigenvalue weighted by Gasteiger charge is 2.48. The highest BCUT2D eigenvalue weighted by Crippen LogP contribution is 2.51. The molecule has 1 saturated heterocycles. The van der Waals surface area contributed by atoms with Crippen LogP contribution in [0, 0.1) is 11.3 Å². The number of benzene rings is 1. The lowest BCUT2D eigenvalue weighted by molar-refractivity contribution is -0.131. The van der Waals surface area contributed by atoms with E-state index in [0.29, 0.717) is 11.3 Å². The van der Waals surface area contributed by atoms with Crippen LogP contribution in [0.5, 0.6) is 0 Å². The van der Waals surface area contributed by atoms with Gasteiger partial charge >= 0.3 is 0 Å². The van der Waals surface area contributed by atoms with Crippen LogP contribution in [0.15, 0.2) is 30.3 Å². The van der Waals surface area contributed by atoms with Gasteiger partial charge in [-0.15, -0.1) is 0 Å². The van der Waals surface area contributed by atoms with Crippen molar-refractivity contribution in [1.29, 1.82) is 0 Å². The summed E-state index contributed by atoms with van der Waals surface area (Å²) in [6, 6.07) is 11.0. The number of hydrogen-bond donors (Lipinski definition) is 0. The maximum atomic E-state index is 12.7. The molecule has 1 aromatic carbocycles. The van der Waals surface area contributed by atoms with Crippen molar-refractivity contribution in [3.05, 3.63) is 35.9 Å². The lowest BCUT2D eigenvalue weighted by Gasteiger charge is -2.49. The van der Waals surface area contributed by atoms with E-state index >= 15 is 0 Å². The highest BCUT2D eigenvalue weighted by atomic mass is 16.2. The van der Waals surface area contributed by atoms with Crippen molar-refractivity contribution in [3.63, 3.8) is 0 Å². The molecule has 3 fully saturated rings. The van der Waals surface area contributed by atoms with Crippen molar-refractivity contribution in [1.82, 2.24) is 9.80 Å². The Hall–Kier alpha value is -1.35. The first-order valence-electron chi connectivity index (χ1n) is 11.0. The molecule has 0 bridgehead atoms. The van der Waals surface area contributed by atoms with Crippen molar-refractivity contribution in [2.45, 2.75) is 69.7 Å². The fraction of sp³-hybridized carbons (Fsp3) is 0.708. The Balaban J connectivity index is 1.37. The van der Waals surface area contributed by atoms with E-state index in [1.54, 1.807) is 0 Å². The smallest absolute Gasteiger partial charge is 0.222 e. The maximum absolute atomic E-state index is 12.7. The van der Waals surface area contributed by atoms with Gasteiger partial charge in [-0.2, -0.15) is 0 Å². The standard InChI is InChI=1S/C24H36N2O/c1-25(2)24(21-9-4-3-5-10-21)15-13-23(14-16-24)17-18-26(19-23)22(27)12-11-20-7-6-8-20/h3-5,9-10,20H,6-8,11-19H2,1-2H3. The van der Waals surface area contributed by atoms with Crippen LogP contribution in [-0.2, 0) is 10.3 Å². The molecule has 148 valence electrons. The van der Waals surface area contributed by atoms with E-state index in [1.807, 2.05) is 0 Å². The van der Waals surface area contributed by atoms with Crippen LogP contribution in [-0.4, -0.2) is 42.9 Å². The molecule has 4 rings (SSSR count). The molecule has 1 spiro atoms. The number of nitrogens with zero attached hydrogens (tertiary/aromatic N) is 2. The van der Waals surface area contributed by atoms with Crippen LogP contribution in [0.3, 0.4) is 0 Å². The molecule has 1 aliphatic heterocycles. The number of carbonyl (C=O) groups excluding carboxylic acids is 1. The quantitative estimate of drug-likeness (QED) is 0.744. The Kier molecular flexibility index (Phi) is 5.33. The van der Waals surface area contributed by atoms with E-state index in [0.717, 1.165) is 31.8 Å². The average Bonchev–Trinajstić information content (AvgIpc) is 3.06. The van der Waals surface area contributed by atoms with E-state index in [4.69, 9.17) is 0 Å². The van der Waals surface area contributed by atoms with Gasteiger partial charge in [-0.1, -0.05) is 49.6 Å². The molecule has 3 heteroatoms. The monoisotopic (exact) mass is 368 g/mol. The van der Waals surface area contributed by atoms with Crippen molar-refractivity contribution in [2.75, 3.05) is 27.2 Å². The summed E-state index contributed by atoms with van der Waals surface area (Å²) in [5.41, 5.74) is 1.99. The summed E-state index contributed by atoms with van der Waals surface area (Å²) in [6.07, 6.45) is 12.1. The lowest BCUT2D eigenvalue weighted by atomic mass is 9.64. The van der Waals surface area contributed by atoms with Gasteiger partial charge in [0.2, 0.25) is 5.91 Å². The summed E-state index contributed by atoms with van der Waals surface area (Å²) >= 11 is 0. The van der Waals surface area contributed by atoms with Gasteiger partial charge in [0.1, 0.15) is 0 Å². The van der Waals surface area contributed by atoms with E-state index < -0.39 is 0 Å². The van der Waals surface area contributed by atoms with Crippen LogP contribution in [0.2, 0.25) is 0 Å². The zero-order chi connectivity index (χ0) is 18.9. The third-order valence-electron chi connectivity index (χ3n) is 8.09. The molecular weight excluding hydrogens is 332 g/mol. The Morgan fingerprint density at radius 3 is 2.37 bits per heavy atom. The highest BCUT2D eigenvalue weighted by molar-refractivity contribution is 5.76. The molecule has 1 amide bonds. The van der Waals surface area contributed by atoms with Crippen molar-refractivity contribution in [3.8, 4) is 0 Å². The fourth-order valence-electron chi connectivity index (χ4n) is 5.76. The van der Waals surface area contributed by atoms with Gasteiger partial charge in [-0.25, -0.2) is 0 Å². The predicted molar refractivity (Wildman–Crippen MR) is 110 cm³/mol. The first kappa shape index (κ1) is 19.0. The molecule has 0 unspecified atom stereocenters. The largest absolute Gasteiger partial charge is 0.342 e. The molecule has 0 atom stereocenters. The van der Waals surface area contributed by atoms with Gasteiger partial charge < -0.3 is 4.90 Å². The summed E-state index contributed by atoms with van der Waals surface area (Å²) in [7, 11) is 4.46. The molecule has 0 N–H and O–H groups in total. The van der Waals surface area contributed by atoms with Gasteiger partial charge in [0.05, 0.1) is 0 Å². The summed E-state index contributed by atoms with van der Waals surface area (Å²) in [6.45, 7) is 2.00. The number of rotatable bonds is 5. The Morgan fingerprint density at radius 2 is 1.78 bits per heavy atom. The molecule has 3 nitrogen and oxygen atoms in total. The zero-order valence-corrected chi connectivity index (χ0v) is 17.3. The summed E-state index contributed by atoms with van der Waals surface area (Å²) in [5.74, 6) is 1.26. The van der Waals surface area contributed by atoms with Gasteiger partial charge in [-0.05, 0) is 69.5 Å². The predicted octanol–water partition coefficient (Wildman–Crippen LogP) is 4.82. The van der Waals surface area contributed by atoms with E-state index in [1.165, 1.54) is 56.9 Å². The molecule has 2 aliphatic carbocycles. The maximum Gasteiger partial charge on any atom is 0.222 e. The molecular formula is C24H36N2O. The average molecular weight is 369 g/mol. The van der Waals surface area contributed by atoms with Gasteiger partial charge in [0.25, 0.3) is 0 Å². The SMILES string of the molecule is CN(C)C1(c2ccccc2)CCC2(CCN(C(=O)CCC3CCC3)C2)CC1. The van der Waals surface area contributed by atoms with Gasteiger partial charge in [0, 0.05) is 25.0 Å². The number of likely N-dealkylation sites (tertiary alicyclic amines) is 1. The molecule has 0 radical (unpaired) electrons. The Labute approximate surface area is 165 Å². The minimum Gasteiger partial charge on any atom is -0.342 e. The molecule has 0 aromatic heterocycles. The summed E-state index contributed by atoms with van der Waals surface area (Å²) in [4.78, 5) is 17.3. The van der Waals surface area contributed by atoms with Crippen LogP contribution in [0.4, 0.5) is 0 Å². The lowest BCUT2D eigenvalue weighted by Crippen LogP contribution is -2.47. The normalized spacial score (nSPS) is 31.4. The van der Waals surface area contributed by atoms with Crippen molar-refractivity contribution in [2.24, 2.45) is 11.3 Å². The van der Waals surface area contributed by atoms with E-state index in [2.05, 4.69) is 54.2 Å². The van der Waals surface area contributed by atoms with Crippen LogP contribution in [0.1, 0.15) is 69.8 Å². The number of hydrogen-bond acceptors (Lipinski definition) is 2. The van der Waals surface area contributed by atoms with Crippen molar-refractivity contribution < 1.29 is 4.79 Å². The van der Waals surface area contributed by atoms with Gasteiger partial charge in [-0.3, -0.25) is 9.69 Å². The van der Waals surface area contributed by atoms with Crippen LogP contribution >= 0.6 is 0 Å². The molecule has 1 aromatic rings. The second-order valence-corrected chi connectivity index (χ2v) is 9.69. The van der Waals surface area contributed by atoms with Crippen molar-refractivity contribution >= 4 is 5.91 Å². The minimum atomic E-state index is 0.161. The van der Waals surface area contributed by atoms with E-state index in [9.17, 15) is 4.79 Å². The molecule has 27 heavy (non-hydrogen) atoms. The summed E-state index contributed by atoms with van der Waals surface area (Å²) in [5, 5.41) is 0. The van der Waals surface area contributed by atoms with E-state index in [-0.39, 0.29) is 5.54 Å². The van der Waals surface area contributed by atoms with Crippen LogP contribution in [0.25, 0.3) is 0 Å².